The average molecular weight is 314 g/mol. The van der Waals surface area contributed by atoms with E-state index in [1.165, 1.54) is 5.56 Å². The summed E-state index contributed by atoms with van der Waals surface area (Å²) in [5.74, 6) is 1.21. The van der Waals surface area contributed by atoms with Gasteiger partial charge in [-0.05, 0) is 17.7 Å². The summed E-state index contributed by atoms with van der Waals surface area (Å²) in [5, 5.41) is 6.10. The first-order valence-electron chi connectivity index (χ1n) is 7.49. The topological polar surface area (TPSA) is 59.6 Å². The summed E-state index contributed by atoms with van der Waals surface area (Å²) in [4.78, 5) is 12.0. The lowest BCUT2D eigenvalue weighted by Gasteiger charge is -2.12. The van der Waals surface area contributed by atoms with E-state index in [9.17, 15) is 4.79 Å². The Bertz CT molecular complexity index is 629. The minimum atomic E-state index is -0.0721. The fourth-order valence-electron chi connectivity index (χ4n) is 2.15. The van der Waals surface area contributed by atoms with Crippen LogP contribution in [0, 0.1) is 0 Å². The highest BCUT2D eigenvalue weighted by atomic mass is 16.5. The molecule has 2 rings (SSSR count). The van der Waals surface area contributed by atoms with Crippen molar-refractivity contribution < 1.29 is 14.3 Å². The number of benzene rings is 2. The van der Waals surface area contributed by atoms with Crippen LogP contribution in [0.2, 0.25) is 0 Å². The fourth-order valence-corrected chi connectivity index (χ4v) is 2.15. The van der Waals surface area contributed by atoms with Gasteiger partial charge in [-0.25, -0.2) is 0 Å². The van der Waals surface area contributed by atoms with Crippen LogP contribution in [0.1, 0.15) is 12.0 Å². The molecule has 2 aromatic carbocycles. The summed E-state index contributed by atoms with van der Waals surface area (Å²) < 4.78 is 10.4. The second-order valence-electron chi connectivity index (χ2n) is 5.03. The third kappa shape index (κ3) is 5.30. The molecule has 2 N–H and O–H groups in total. The number of carbonyl (C=O) groups is 1. The van der Waals surface area contributed by atoms with Crippen molar-refractivity contribution >= 4 is 11.6 Å². The molecule has 0 atom stereocenters. The van der Waals surface area contributed by atoms with Gasteiger partial charge >= 0.3 is 0 Å². The van der Waals surface area contributed by atoms with Crippen LogP contribution >= 0.6 is 0 Å². The molecule has 122 valence electrons. The molecule has 5 heteroatoms. The minimum absolute atomic E-state index is 0.0721. The number of anilines is 1. The highest BCUT2D eigenvalue weighted by Gasteiger charge is 2.08. The minimum Gasteiger partial charge on any atom is -0.497 e. The second-order valence-corrected chi connectivity index (χ2v) is 5.03. The van der Waals surface area contributed by atoms with Gasteiger partial charge in [-0.15, -0.1) is 0 Å². The van der Waals surface area contributed by atoms with Crippen molar-refractivity contribution in [3.8, 4) is 11.5 Å². The normalized spacial score (nSPS) is 10.2. The van der Waals surface area contributed by atoms with Crippen LogP contribution < -0.4 is 20.1 Å². The Morgan fingerprint density at radius 1 is 1.04 bits per heavy atom. The average Bonchev–Trinajstić information content (AvgIpc) is 2.59. The third-order valence-corrected chi connectivity index (χ3v) is 3.38. The number of hydrogen-bond donors (Lipinski definition) is 2. The SMILES string of the molecule is COc1ccc(OC)c(NC(=O)CCNCc2ccccc2)c1. The number of methoxy groups -OCH3 is 2. The van der Waals surface area contributed by atoms with E-state index in [4.69, 9.17) is 9.47 Å². The summed E-state index contributed by atoms with van der Waals surface area (Å²) in [7, 11) is 3.15. The fraction of sp³-hybridized carbons (Fsp3) is 0.278. The Morgan fingerprint density at radius 3 is 2.52 bits per heavy atom. The molecule has 0 spiro atoms. The van der Waals surface area contributed by atoms with Crippen molar-refractivity contribution in [2.75, 3.05) is 26.1 Å². The summed E-state index contributed by atoms with van der Waals surface area (Å²) in [5.41, 5.74) is 1.81. The zero-order valence-corrected chi connectivity index (χ0v) is 13.5. The van der Waals surface area contributed by atoms with Crippen LogP contribution in [-0.4, -0.2) is 26.7 Å². The lowest BCUT2D eigenvalue weighted by atomic mass is 10.2. The molecule has 0 saturated carbocycles. The molecule has 0 saturated heterocycles. The lowest BCUT2D eigenvalue weighted by Crippen LogP contribution is -2.21. The van der Waals surface area contributed by atoms with E-state index < -0.39 is 0 Å². The standard InChI is InChI=1S/C18H22N2O3/c1-22-15-8-9-17(23-2)16(12-15)20-18(21)10-11-19-13-14-6-4-3-5-7-14/h3-9,12,19H,10-11,13H2,1-2H3,(H,20,21). The smallest absolute Gasteiger partial charge is 0.225 e. The first kappa shape index (κ1) is 16.8. The summed E-state index contributed by atoms with van der Waals surface area (Å²) >= 11 is 0. The van der Waals surface area contributed by atoms with Crippen LogP contribution in [0.3, 0.4) is 0 Å². The van der Waals surface area contributed by atoms with Gasteiger partial charge < -0.3 is 20.1 Å². The molecule has 2 aromatic rings. The molecule has 23 heavy (non-hydrogen) atoms. The van der Waals surface area contributed by atoms with Crippen LogP contribution in [0.5, 0.6) is 11.5 Å². The van der Waals surface area contributed by atoms with Gasteiger partial charge in [0.15, 0.2) is 0 Å². The van der Waals surface area contributed by atoms with Gasteiger partial charge in [0, 0.05) is 25.6 Å². The molecule has 0 aliphatic carbocycles. The molecule has 0 bridgehead atoms. The van der Waals surface area contributed by atoms with Crippen molar-refractivity contribution in [1.29, 1.82) is 0 Å². The summed E-state index contributed by atoms with van der Waals surface area (Å²) in [6.45, 7) is 1.35. The van der Waals surface area contributed by atoms with E-state index in [0.29, 0.717) is 30.2 Å². The van der Waals surface area contributed by atoms with Crippen LogP contribution in [0.4, 0.5) is 5.69 Å². The maximum Gasteiger partial charge on any atom is 0.225 e. The van der Waals surface area contributed by atoms with Crippen LogP contribution in [0.25, 0.3) is 0 Å². The maximum absolute atomic E-state index is 12.0. The maximum atomic E-state index is 12.0. The van der Waals surface area contributed by atoms with E-state index in [1.54, 1.807) is 32.4 Å². The van der Waals surface area contributed by atoms with E-state index in [1.807, 2.05) is 30.3 Å². The first-order valence-corrected chi connectivity index (χ1v) is 7.49. The first-order chi connectivity index (χ1) is 11.2. The number of nitrogens with one attached hydrogen (secondary N) is 2. The van der Waals surface area contributed by atoms with Crippen molar-refractivity contribution in [3.05, 3.63) is 54.1 Å². The molecule has 1 amide bonds. The van der Waals surface area contributed by atoms with Gasteiger partial charge in [0.05, 0.1) is 19.9 Å². The van der Waals surface area contributed by atoms with Crippen molar-refractivity contribution in [2.45, 2.75) is 13.0 Å². The zero-order valence-electron chi connectivity index (χ0n) is 13.5. The summed E-state index contributed by atoms with van der Waals surface area (Å²) in [6, 6.07) is 15.4. The summed E-state index contributed by atoms with van der Waals surface area (Å²) in [6.07, 6.45) is 0.382. The van der Waals surface area contributed by atoms with Crippen LogP contribution in [-0.2, 0) is 11.3 Å². The van der Waals surface area contributed by atoms with Gasteiger partial charge in [0.2, 0.25) is 5.91 Å². The molecule has 0 aliphatic heterocycles. The predicted molar refractivity (Wildman–Crippen MR) is 90.9 cm³/mol. The molecule has 0 fully saturated rings. The molecular weight excluding hydrogens is 292 g/mol. The quantitative estimate of drug-likeness (QED) is 0.736. The number of carbonyl (C=O) groups excluding carboxylic acids is 1. The Morgan fingerprint density at radius 2 is 1.83 bits per heavy atom. The number of ether oxygens (including phenoxy) is 2. The molecule has 0 aromatic heterocycles. The van der Waals surface area contributed by atoms with E-state index in [-0.39, 0.29) is 5.91 Å². The van der Waals surface area contributed by atoms with Gasteiger partial charge in [-0.2, -0.15) is 0 Å². The molecule has 0 radical (unpaired) electrons. The highest BCUT2D eigenvalue weighted by Crippen LogP contribution is 2.28. The van der Waals surface area contributed by atoms with Crippen LogP contribution in [0.15, 0.2) is 48.5 Å². The Labute approximate surface area is 136 Å². The Kier molecular flexibility index (Phi) is 6.44. The number of hydrogen-bond acceptors (Lipinski definition) is 4. The van der Waals surface area contributed by atoms with E-state index in [0.717, 1.165) is 6.54 Å². The van der Waals surface area contributed by atoms with Gasteiger partial charge in [-0.3, -0.25) is 4.79 Å². The van der Waals surface area contributed by atoms with E-state index in [2.05, 4.69) is 10.6 Å². The Balaban J connectivity index is 1.80. The van der Waals surface area contributed by atoms with Gasteiger partial charge in [0.25, 0.3) is 0 Å². The molecule has 5 nitrogen and oxygen atoms in total. The molecule has 0 unspecified atom stereocenters. The monoisotopic (exact) mass is 314 g/mol. The molecular formula is C18H22N2O3. The van der Waals surface area contributed by atoms with Crippen molar-refractivity contribution in [2.24, 2.45) is 0 Å². The molecule has 0 aliphatic rings. The van der Waals surface area contributed by atoms with E-state index >= 15 is 0 Å². The second kappa shape index (κ2) is 8.80. The molecule has 0 heterocycles. The van der Waals surface area contributed by atoms with Crippen molar-refractivity contribution in [1.82, 2.24) is 5.32 Å². The largest absolute Gasteiger partial charge is 0.497 e. The van der Waals surface area contributed by atoms with Gasteiger partial charge in [-0.1, -0.05) is 30.3 Å². The lowest BCUT2D eigenvalue weighted by molar-refractivity contribution is -0.116. The third-order valence-electron chi connectivity index (χ3n) is 3.38. The predicted octanol–water partition coefficient (Wildman–Crippen LogP) is 2.82. The number of amides is 1. The Hall–Kier alpha value is -2.53. The highest BCUT2D eigenvalue weighted by molar-refractivity contribution is 5.92. The van der Waals surface area contributed by atoms with Gasteiger partial charge in [0.1, 0.15) is 11.5 Å². The number of rotatable bonds is 8. The zero-order chi connectivity index (χ0) is 16.5. The van der Waals surface area contributed by atoms with Crippen molar-refractivity contribution in [3.63, 3.8) is 0 Å².